The summed E-state index contributed by atoms with van der Waals surface area (Å²) >= 11 is 0. The average Bonchev–Trinajstić information content (AvgIpc) is 2.29. The van der Waals surface area contributed by atoms with Crippen LogP contribution < -0.4 is 0 Å². The molecule has 0 fully saturated rings. The van der Waals surface area contributed by atoms with Gasteiger partial charge in [-0.05, 0) is 26.0 Å². The summed E-state index contributed by atoms with van der Waals surface area (Å²) < 4.78 is 5.47. The normalized spacial score (nSPS) is 12.9. The van der Waals surface area contributed by atoms with Crippen LogP contribution in [0, 0.1) is 0 Å². The lowest BCUT2D eigenvalue weighted by Crippen LogP contribution is -2.03. The molecule has 1 aromatic heterocycles. The largest absolute Gasteiger partial charge is 0.372 e. The summed E-state index contributed by atoms with van der Waals surface area (Å²) in [6, 6.07) is 7.84. The van der Waals surface area contributed by atoms with E-state index in [9.17, 15) is 0 Å². The molecule has 0 N–H and O–H groups in total. The topological polar surface area (TPSA) is 35.0 Å². The third-order valence-corrected chi connectivity index (χ3v) is 2.30. The lowest BCUT2D eigenvalue weighted by Gasteiger charge is -2.10. The van der Waals surface area contributed by atoms with Gasteiger partial charge < -0.3 is 4.74 Å². The Labute approximate surface area is 89.1 Å². The van der Waals surface area contributed by atoms with Crippen LogP contribution in [-0.4, -0.2) is 16.6 Å². The van der Waals surface area contributed by atoms with Crippen molar-refractivity contribution in [3.05, 3.63) is 36.2 Å². The maximum absolute atomic E-state index is 5.47. The summed E-state index contributed by atoms with van der Waals surface area (Å²) in [5.74, 6) is 0. The molecule has 2 aromatic rings. The van der Waals surface area contributed by atoms with Gasteiger partial charge in [0.25, 0.3) is 0 Å². The molecule has 0 amide bonds. The van der Waals surface area contributed by atoms with Crippen molar-refractivity contribution in [1.29, 1.82) is 0 Å². The van der Waals surface area contributed by atoms with Crippen molar-refractivity contribution in [2.24, 2.45) is 0 Å². The highest BCUT2D eigenvalue weighted by Gasteiger charge is 2.07. The minimum atomic E-state index is 0.00658. The van der Waals surface area contributed by atoms with E-state index in [1.807, 2.05) is 38.1 Å². The van der Waals surface area contributed by atoms with Crippen molar-refractivity contribution in [1.82, 2.24) is 9.97 Å². The van der Waals surface area contributed by atoms with Gasteiger partial charge in [-0.1, -0.05) is 12.1 Å². The molecule has 1 unspecified atom stereocenters. The number of nitrogens with zero attached hydrogens (tertiary/aromatic N) is 2. The van der Waals surface area contributed by atoms with Crippen LogP contribution in [0.5, 0.6) is 0 Å². The van der Waals surface area contributed by atoms with Gasteiger partial charge in [-0.2, -0.15) is 0 Å². The van der Waals surface area contributed by atoms with Gasteiger partial charge in [0.05, 0.1) is 29.0 Å². The number of hydrogen-bond donors (Lipinski definition) is 0. The fourth-order valence-electron chi connectivity index (χ4n) is 1.50. The van der Waals surface area contributed by atoms with Gasteiger partial charge >= 0.3 is 0 Å². The van der Waals surface area contributed by atoms with Gasteiger partial charge in [0.2, 0.25) is 0 Å². The molecule has 0 aliphatic carbocycles. The fraction of sp³-hybridized carbons (Fsp3) is 0.333. The summed E-state index contributed by atoms with van der Waals surface area (Å²) in [5, 5.41) is 0. The van der Waals surface area contributed by atoms with E-state index in [-0.39, 0.29) is 6.10 Å². The highest BCUT2D eigenvalue weighted by molar-refractivity contribution is 5.73. The first-order valence-electron chi connectivity index (χ1n) is 5.14. The van der Waals surface area contributed by atoms with Crippen LogP contribution in [0.2, 0.25) is 0 Å². The number of hydrogen-bond acceptors (Lipinski definition) is 3. The Morgan fingerprint density at radius 1 is 1.27 bits per heavy atom. The number of benzene rings is 1. The van der Waals surface area contributed by atoms with Gasteiger partial charge in [0.15, 0.2) is 0 Å². The Bertz CT molecular complexity index is 456. The lowest BCUT2D eigenvalue weighted by molar-refractivity contribution is 0.0733. The zero-order chi connectivity index (χ0) is 10.7. The van der Waals surface area contributed by atoms with Crippen LogP contribution in [-0.2, 0) is 4.74 Å². The molecule has 0 spiro atoms. The van der Waals surface area contributed by atoms with E-state index in [1.165, 1.54) is 0 Å². The number of fused-ring (bicyclic) bond motifs is 1. The smallest absolute Gasteiger partial charge is 0.0982 e. The van der Waals surface area contributed by atoms with E-state index in [1.54, 1.807) is 6.20 Å². The first-order valence-corrected chi connectivity index (χ1v) is 5.14. The third-order valence-electron chi connectivity index (χ3n) is 2.30. The molecule has 1 aromatic carbocycles. The molecule has 0 saturated heterocycles. The average molecular weight is 202 g/mol. The molecule has 2 rings (SSSR count). The van der Waals surface area contributed by atoms with Crippen LogP contribution in [0.4, 0.5) is 0 Å². The van der Waals surface area contributed by atoms with Gasteiger partial charge in [-0.15, -0.1) is 0 Å². The summed E-state index contributed by atoms with van der Waals surface area (Å²) in [4.78, 5) is 8.85. The summed E-state index contributed by atoms with van der Waals surface area (Å²) in [7, 11) is 0. The number of rotatable bonds is 3. The molecule has 1 heterocycles. The molecule has 3 nitrogen and oxygen atoms in total. The standard InChI is InChI=1S/C12H14N2O/c1-3-15-9(2)12-8-13-10-6-4-5-7-11(10)14-12/h4-9H,3H2,1-2H3. The maximum Gasteiger partial charge on any atom is 0.0982 e. The van der Waals surface area contributed by atoms with Crippen molar-refractivity contribution in [2.45, 2.75) is 20.0 Å². The molecule has 3 heteroatoms. The van der Waals surface area contributed by atoms with E-state index in [4.69, 9.17) is 4.74 Å². The minimum absolute atomic E-state index is 0.00658. The molecule has 0 saturated carbocycles. The molecule has 0 bridgehead atoms. The Morgan fingerprint density at radius 3 is 2.73 bits per heavy atom. The van der Waals surface area contributed by atoms with E-state index >= 15 is 0 Å². The Hall–Kier alpha value is -1.48. The lowest BCUT2D eigenvalue weighted by atomic mass is 10.2. The molecule has 0 aliphatic heterocycles. The molecule has 15 heavy (non-hydrogen) atoms. The second kappa shape index (κ2) is 4.36. The Balaban J connectivity index is 2.38. The van der Waals surface area contributed by atoms with Crippen molar-refractivity contribution >= 4 is 11.0 Å². The van der Waals surface area contributed by atoms with E-state index < -0.39 is 0 Å². The number of aromatic nitrogens is 2. The summed E-state index contributed by atoms with van der Waals surface area (Å²) in [5.41, 5.74) is 2.72. The van der Waals surface area contributed by atoms with Gasteiger partial charge in [0.1, 0.15) is 0 Å². The molecule has 1 atom stereocenters. The second-order valence-electron chi connectivity index (χ2n) is 3.38. The predicted octanol–water partition coefficient (Wildman–Crippen LogP) is 2.73. The Morgan fingerprint density at radius 2 is 2.00 bits per heavy atom. The van der Waals surface area contributed by atoms with Gasteiger partial charge in [0, 0.05) is 6.61 Å². The molecule has 0 aliphatic rings. The second-order valence-corrected chi connectivity index (χ2v) is 3.38. The van der Waals surface area contributed by atoms with Crippen LogP contribution in [0.25, 0.3) is 11.0 Å². The van der Waals surface area contributed by atoms with Gasteiger partial charge in [-0.25, -0.2) is 4.98 Å². The van der Waals surface area contributed by atoms with Crippen LogP contribution >= 0.6 is 0 Å². The third kappa shape index (κ3) is 2.13. The Kier molecular flexibility index (Phi) is 2.92. The van der Waals surface area contributed by atoms with E-state index in [0.717, 1.165) is 16.7 Å². The zero-order valence-electron chi connectivity index (χ0n) is 8.97. The van der Waals surface area contributed by atoms with Crippen LogP contribution in [0.15, 0.2) is 30.5 Å². The van der Waals surface area contributed by atoms with Crippen molar-refractivity contribution in [2.75, 3.05) is 6.61 Å². The maximum atomic E-state index is 5.47. The van der Waals surface area contributed by atoms with Crippen LogP contribution in [0.3, 0.4) is 0 Å². The fourth-order valence-corrected chi connectivity index (χ4v) is 1.50. The highest BCUT2D eigenvalue weighted by Crippen LogP contribution is 2.16. The van der Waals surface area contributed by atoms with Gasteiger partial charge in [-0.3, -0.25) is 4.98 Å². The van der Waals surface area contributed by atoms with Crippen LogP contribution in [0.1, 0.15) is 25.6 Å². The molecule has 0 radical (unpaired) electrons. The molecular formula is C12H14N2O. The van der Waals surface area contributed by atoms with Crippen molar-refractivity contribution < 1.29 is 4.74 Å². The van der Waals surface area contributed by atoms with E-state index in [2.05, 4.69) is 9.97 Å². The monoisotopic (exact) mass is 202 g/mol. The quantitative estimate of drug-likeness (QED) is 0.767. The summed E-state index contributed by atoms with van der Waals surface area (Å²) in [6.07, 6.45) is 1.79. The number of ether oxygens (including phenoxy) is 1. The molecule has 78 valence electrons. The first-order chi connectivity index (χ1) is 7.31. The predicted molar refractivity (Wildman–Crippen MR) is 59.6 cm³/mol. The highest BCUT2D eigenvalue weighted by atomic mass is 16.5. The van der Waals surface area contributed by atoms with E-state index in [0.29, 0.717) is 6.61 Å². The SMILES string of the molecule is CCOC(C)c1cnc2ccccc2n1. The zero-order valence-corrected chi connectivity index (χ0v) is 8.97. The number of para-hydroxylation sites is 2. The van der Waals surface area contributed by atoms with Crippen molar-refractivity contribution in [3.8, 4) is 0 Å². The first kappa shape index (κ1) is 10.1. The molecular weight excluding hydrogens is 188 g/mol. The van der Waals surface area contributed by atoms with Crippen molar-refractivity contribution in [3.63, 3.8) is 0 Å². The minimum Gasteiger partial charge on any atom is -0.372 e. The summed E-state index contributed by atoms with van der Waals surface area (Å²) in [6.45, 7) is 4.66.